The minimum atomic E-state index is 0.0368. The van der Waals surface area contributed by atoms with E-state index in [4.69, 9.17) is 0 Å². The normalized spacial score (nSPS) is 10.2. The average molecular weight is 274 g/mol. The summed E-state index contributed by atoms with van der Waals surface area (Å²) < 4.78 is 0. The van der Waals surface area contributed by atoms with Crippen molar-refractivity contribution < 1.29 is 4.79 Å². The molecule has 1 aromatic carbocycles. The molecule has 3 nitrogen and oxygen atoms in total. The van der Waals surface area contributed by atoms with E-state index in [0.29, 0.717) is 6.42 Å². The van der Waals surface area contributed by atoms with Crippen LogP contribution in [0.5, 0.6) is 0 Å². The van der Waals surface area contributed by atoms with Gasteiger partial charge in [-0.15, -0.1) is 11.3 Å². The van der Waals surface area contributed by atoms with Gasteiger partial charge in [0.1, 0.15) is 0 Å². The predicted molar refractivity (Wildman–Crippen MR) is 80.6 cm³/mol. The maximum Gasteiger partial charge on any atom is 0.224 e. The molecular weight excluding hydrogens is 256 g/mol. The van der Waals surface area contributed by atoms with Crippen LogP contribution in [0, 0.1) is 6.92 Å². The zero-order valence-electron chi connectivity index (χ0n) is 11.2. The molecule has 0 saturated heterocycles. The number of rotatable bonds is 5. The Kier molecular flexibility index (Phi) is 4.58. The quantitative estimate of drug-likeness (QED) is 0.880. The molecule has 1 heterocycles. The van der Waals surface area contributed by atoms with Gasteiger partial charge in [-0.25, -0.2) is 0 Å². The van der Waals surface area contributed by atoms with E-state index in [9.17, 15) is 4.79 Å². The third-order valence-corrected chi connectivity index (χ3v) is 3.86. The number of hydrogen-bond donors (Lipinski definition) is 2. The molecule has 0 unspecified atom stereocenters. The van der Waals surface area contributed by atoms with Gasteiger partial charge in [-0.1, -0.05) is 12.1 Å². The lowest BCUT2D eigenvalue weighted by Gasteiger charge is -2.06. The van der Waals surface area contributed by atoms with Crippen LogP contribution in [0.2, 0.25) is 0 Å². The van der Waals surface area contributed by atoms with E-state index in [1.807, 2.05) is 24.3 Å². The highest BCUT2D eigenvalue weighted by molar-refractivity contribution is 7.11. The summed E-state index contributed by atoms with van der Waals surface area (Å²) in [5, 5.41) is 6.00. The van der Waals surface area contributed by atoms with Crippen molar-refractivity contribution in [2.24, 2.45) is 0 Å². The minimum Gasteiger partial charge on any atom is -0.380 e. The van der Waals surface area contributed by atoms with Crippen molar-refractivity contribution in [3.8, 4) is 0 Å². The lowest BCUT2D eigenvalue weighted by atomic mass is 10.1. The van der Waals surface area contributed by atoms with Crippen LogP contribution in [-0.2, 0) is 17.8 Å². The van der Waals surface area contributed by atoms with Crippen molar-refractivity contribution in [2.75, 3.05) is 12.4 Å². The summed E-state index contributed by atoms with van der Waals surface area (Å²) in [6.07, 6.45) is 0.431. The first-order chi connectivity index (χ1) is 9.17. The number of thiophene rings is 1. The molecule has 0 aliphatic heterocycles. The van der Waals surface area contributed by atoms with Crippen LogP contribution < -0.4 is 10.6 Å². The van der Waals surface area contributed by atoms with Gasteiger partial charge in [0.15, 0.2) is 0 Å². The van der Waals surface area contributed by atoms with Gasteiger partial charge in [-0.05, 0) is 36.8 Å². The Bertz CT molecular complexity index is 546. The van der Waals surface area contributed by atoms with Crippen molar-refractivity contribution in [1.29, 1.82) is 0 Å². The number of aryl methyl sites for hydroxylation is 1. The first kappa shape index (κ1) is 13.6. The third kappa shape index (κ3) is 4.10. The maximum absolute atomic E-state index is 11.3. The number of hydrogen-bond acceptors (Lipinski definition) is 3. The second-order valence-electron chi connectivity index (χ2n) is 4.41. The van der Waals surface area contributed by atoms with E-state index < -0.39 is 0 Å². The van der Waals surface area contributed by atoms with Crippen molar-refractivity contribution in [2.45, 2.75) is 19.9 Å². The lowest BCUT2D eigenvalue weighted by molar-refractivity contribution is -0.119. The van der Waals surface area contributed by atoms with Crippen molar-refractivity contribution in [3.63, 3.8) is 0 Å². The molecule has 2 N–H and O–H groups in total. The molecule has 19 heavy (non-hydrogen) atoms. The summed E-state index contributed by atoms with van der Waals surface area (Å²) in [7, 11) is 1.65. The Balaban J connectivity index is 1.89. The zero-order chi connectivity index (χ0) is 13.7. The standard InChI is InChI=1S/C15H18N2OS/c1-11-3-8-14(19-11)10-17-13-6-4-12(5-7-13)9-15(18)16-2/h3-8,17H,9-10H2,1-2H3,(H,16,18). The first-order valence-electron chi connectivity index (χ1n) is 6.26. The Morgan fingerprint density at radius 1 is 1.16 bits per heavy atom. The molecule has 100 valence electrons. The molecule has 0 fully saturated rings. The molecule has 0 saturated carbocycles. The molecule has 1 aromatic heterocycles. The minimum absolute atomic E-state index is 0.0368. The molecule has 0 aliphatic carbocycles. The fourth-order valence-corrected chi connectivity index (χ4v) is 2.61. The van der Waals surface area contributed by atoms with E-state index in [-0.39, 0.29) is 5.91 Å². The molecule has 1 amide bonds. The summed E-state index contributed by atoms with van der Waals surface area (Å²) in [5.74, 6) is 0.0368. The monoisotopic (exact) mass is 274 g/mol. The van der Waals surface area contributed by atoms with E-state index in [2.05, 4.69) is 29.7 Å². The second kappa shape index (κ2) is 6.38. The highest BCUT2D eigenvalue weighted by Crippen LogP contribution is 2.17. The molecule has 0 aliphatic rings. The molecule has 0 radical (unpaired) electrons. The summed E-state index contributed by atoms with van der Waals surface area (Å²) in [6.45, 7) is 2.95. The van der Waals surface area contributed by atoms with Gasteiger partial charge < -0.3 is 10.6 Å². The highest BCUT2D eigenvalue weighted by Gasteiger charge is 2.01. The Morgan fingerprint density at radius 2 is 1.89 bits per heavy atom. The fourth-order valence-electron chi connectivity index (χ4n) is 1.78. The number of carbonyl (C=O) groups is 1. The molecule has 0 bridgehead atoms. The zero-order valence-corrected chi connectivity index (χ0v) is 12.0. The van der Waals surface area contributed by atoms with E-state index in [1.54, 1.807) is 18.4 Å². The van der Waals surface area contributed by atoms with Crippen molar-refractivity contribution in [1.82, 2.24) is 5.32 Å². The van der Waals surface area contributed by atoms with Gasteiger partial charge in [0.05, 0.1) is 6.42 Å². The van der Waals surface area contributed by atoms with Crippen LogP contribution in [0.1, 0.15) is 15.3 Å². The van der Waals surface area contributed by atoms with Gasteiger partial charge in [-0.2, -0.15) is 0 Å². The summed E-state index contributed by atoms with van der Waals surface area (Å²) in [6, 6.07) is 12.3. The number of benzene rings is 1. The predicted octanol–water partition coefficient (Wildman–Crippen LogP) is 2.96. The van der Waals surface area contributed by atoms with Crippen LogP contribution in [0.4, 0.5) is 5.69 Å². The van der Waals surface area contributed by atoms with Crippen LogP contribution >= 0.6 is 11.3 Å². The highest BCUT2D eigenvalue weighted by atomic mass is 32.1. The van der Waals surface area contributed by atoms with Gasteiger partial charge >= 0.3 is 0 Å². The Morgan fingerprint density at radius 3 is 2.47 bits per heavy atom. The lowest BCUT2D eigenvalue weighted by Crippen LogP contribution is -2.19. The Hall–Kier alpha value is -1.81. The fraction of sp³-hybridized carbons (Fsp3) is 0.267. The first-order valence-corrected chi connectivity index (χ1v) is 7.08. The largest absolute Gasteiger partial charge is 0.380 e. The summed E-state index contributed by atoms with van der Waals surface area (Å²) in [5.41, 5.74) is 2.10. The summed E-state index contributed by atoms with van der Waals surface area (Å²) >= 11 is 1.81. The number of amides is 1. The number of anilines is 1. The van der Waals surface area contributed by atoms with Crippen molar-refractivity contribution in [3.05, 3.63) is 51.7 Å². The maximum atomic E-state index is 11.3. The number of likely N-dealkylation sites (N-methyl/N-ethyl adjacent to an activating group) is 1. The number of carbonyl (C=O) groups excluding carboxylic acids is 1. The van der Waals surface area contributed by atoms with Gasteiger partial charge in [-0.3, -0.25) is 4.79 Å². The van der Waals surface area contributed by atoms with Crippen LogP contribution in [0.25, 0.3) is 0 Å². The second-order valence-corrected chi connectivity index (χ2v) is 5.79. The van der Waals surface area contributed by atoms with Crippen LogP contribution in [0.15, 0.2) is 36.4 Å². The number of nitrogens with one attached hydrogen (secondary N) is 2. The van der Waals surface area contributed by atoms with E-state index in [1.165, 1.54) is 9.75 Å². The van der Waals surface area contributed by atoms with Crippen LogP contribution in [0.3, 0.4) is 0 Å². The molecule has 0 atom stereocenters. The average Bonchev–Trinajstić information content (AvgIpc) is 2.83. The summed E-state index contributed by atoms with van der Waals surface area (Å²) in [4.78, 5) is 13.9. The smallest absolute Gasteiger partial charge is 0.224 e. The third-order valence-electron chi connectivity index (χ3n) is 2.86. The van der Waals surface area contributed by atoms with E-state index in [0.717, 1.165) is 17.8 Å². The molecule has 2 rings (SSSR count). The van der Waals surface area contributed by atoms with Crippen molar-refractivity contribution >= 4 is 22.9 Å². The SMILES string of the molecule is CNC(=O)Cc1ccc(NCc2ccc(C)s2)cc1. The molecule has 2 aromatic rings. The molecule has 0 spiro atoms. The van der Waals surface area contributed by atoms with Gasteiger partial charge in [0.2, 0.25) is 5.91 Å². The molecular formula is C15H18N2OS. The Labute approximate surface area is 117 Å². The van der Waals surface area contributed by atoms with E-state index >= 15 is 0 Å². The molecule has 4 heteroatoms. The topological polar surface area (TPSA) is 41.1 Å². The van der Waals surface area contributed by atoms with Gasteiger partial charge in [0.25, 0.3) is 0 Å². The van der Waals surface area contributed by atoms with Crippen LogP contribution in [-0.4, -0.2) is 13.0 Å². The van der Waals surface area contributed by atoms with Gasteiger partial charge in [0, 0.05) is 29.0 Å².